The standard InChI is InChI=1S/C14H22F3N3/c1-11(2)20(3)10-5-4-9-18-13-8-6-7-12(19-13)14(15,16)17/h6-8,11H,4-5,9-10H2,1-3H3,(H,18,19). The molecule has 0 fully saturated rings. The summed E-state index contributed by atoms with van der Waals surface area (Å²) in [5.41, 5.74) is -0.859. The fourth-order valence-electron chi connectivity index (χ4n) is 1.65. The zero-order valence-electron chi connectivity index (χ0n) is 12.2. The van der Waals surface area contributed by atoms with Crippen LogP contribution < -0.4 is 5.32 Å². The Morgan fingerprint density at radius 3 is 2.55 bits per heavy atom. The largest absolute Gasteiger partial charge is 0.433 e. The minimum absolute atomic E-state index is 0.275. The lowest BCUT2D eigenvalue weighted by molar-refractivity contribution is -0.141. The fraction of sp³-hybridized carbons (Fsp3) is 0.643. The number of nitrogens with one attached hydrogen (secondary N) is 1. The first-order chi connectivity index (χ1) is 9.30. The van der Waals surface area contributed by atoms with E-state index < -0.39 is 11.9 Å². The summed E-state index contributed by atoms with van der Waals surface area (Å²) >= 11 is 0. The zero-order valence-corrected chi connectivity index (χ0v) is 12.2. The van der Waals surface area contributed by atoms with Crippen LogP contribution in [0.4, 0.5) is 19.0 Å². The van der Waals surface area contributed by atoms with E-state index in [2.05, 4.69) is 36.1 Å². The molecular formula is C14H22F3N3. The van der Waals surface area contributed by atoms with Crippen molar-refractivity contribution in [2.75, 3.05) is 25.5 Å². The molecule has 114 valence electrons. The maximum atomic E-state index is 12.5. The number of nitrogens with zero attached hydrogens (tertiary/aromatic N) is 2. The van der Waals surface area contributed by atoms with E-state index in [1.807, 2.05) is 0 Å². The Balaban J connectivity index is 2.32. The van der Waals surface area contributed by atoms with Crippen molar-refractivity contribution in [1.82, 2.24) is 9.88 Å². The second-order valence-corrected chi connectivity index (χ2v) is 5.11. The quantitative estimate of drug-likeness (QED) is 0.777. The third kappa shape index (κ3) is 5.77. The highest BCUT2D eigenvalue weighted by molar-refractivity contribution is 5.35. The molecule has 6 heteroatoms. The predicted molar refractivity (Wildman–Crippen MR) is 74.7 cm³/mol. The highest BCUT2D eigenvalue weighted by Gasteiger charge is 2.32. The molecule has 0 aromatic carbocycles. The molecule has 0 aliphatic heterocycles. The average molecular weight is 289 g/mol. The van der Waals surface area contributed by atoms with Crippen molar-refractivity contribution in [2.24, 2.45) is 0 Å². The summed E-state index contributed by atoms with van der Waals surface area (Å²) in [5.74, 6) is 0.275. The lowest BCUT2D eigenvalue weighted by Gasteiger charge is -2.20. The van der Waals surface area contributed by atoms with Gasteiger partial charge in [-0.05, 0) is 52.4 Å². The molecule has 0 aliphatic rings. The van der Waals surface area contributed by atoms with Crippen molar-refractivity contribution < 1.29 is 13.2 Å². The molecule has 1 heterocycles. The van der Waals surface area contributed by atoms with Crippen LogP contribution in [0.25, 0.3) is 0 Å². The number of halogens is 3. The number of rotatable bonds is 7. The minimum atomic E-state index is -4.39. The Bertz CT molecular complexity index is 405. The van der Waals surface area contributed by atoms with E-state index in [1.165, 1.54) is 6.07 Å². The van der Waals surface area contributed by atoms with Crippen LogP contribution in [0.3, 0.4) is 0 Å². The number of aromatic nitrogens is 1. The number of anilines is 1. The summed E-state index contributed by atoms with van der Waals surface area (Å²) in [6, 6.07) is 4.40. The Morgan fingerprint density at radius 2 is 1.95 bits per heavy atom. The van der Waals surface area contributed by atoms with Gasteiger partial charge in [0.05, 0.1) is 0 Å². The first kappa shape index (κ1) is 16.8. The number of pyridine rings is 1. The molecule has 0 atom stereocenters. The van der Waals surface area contributed by atoms with Crippen LogP contribution >= 0.6 is 0 Å². The molecule has 20 heavy (non-hydrogen) atoms. The van der Waals surface area contributed by atoms with Gasteiger partial charge in [-0.25, -0.2) is 4.98 Å². The van der Waals surface area contributed by atoms with Gasteiger partial charge < -0.3 is 10.2 Å². The van der Waals surface area contributed by atoms with E-state index in [-0.39, 0.29) is 5.82 Å². The van der Waals surface area contributed by atoms with E-state index in [1.54, 1.807) is 6.07 Å². The van der Waals surface area contributed by atoms with Crippen molar-refractivity contribution in [3.05, 3.63) is 23.9 Å². The van der Waals surface area contributed by atoms with E-state index in [0.29, 0.717) is 12.6 Å². The highest BCUT2D eigenvalue weighted by Crippen LogP contribution is 2.28. The SMILES string of the molecule is CC(C)N(C)CCCCNc1cccc(C(F)(F)F)n1. The topological polar surface area (TPSA) is 28.2 Å². The third-order valence-electron chi connectivity index (χ3n) is 3.16. The highest BCUT2D eigenvalue weighted by atomic mass is 19.4. The summed E-state index contributed by atoms with van der Waals surface area (Å²) in [7, 11) is 2.06. The van der Waals surface area contributed by atoms with E-state index in [0.717, 1.165) is 25.5 Å². The van der Waals surface area contributed by atoms with Crippen molar-refractivity contribution >= 4 is 5.82 Å². The van der Waals surface area contributed by atoms with Crippen molar-refractivity contribution in [2.45, 2.75) is 38.9 Å². The Morgan fingerprint density at radius 1 is 1.25 bits per heavy atom. The Labute approximate surface area is 118 Å². The molecule has 1 aromatic rings. The zero-order chi connectivity index (χ0) is 15.2. The molecule has 0 saturated heterocycles. The number of hydrogen-bond acceptors (Lipinski definition) is 3. The van der Waals surface area contributed by atoms with E-state index in [9.17, 15) is 13.2 Å². The molecule has 1 aromatic heterocycles. The van der Waals surface area contributed by atoms with Gasteiger partial charge in [-0.3, -0.25) is 0 Å². The first-order valence-corrected chi connectivity index (χ1v) is 6.79. The van der Waals surface area contributed by atoms with E-state index >= 15 is 0 Å². The van der Waals surface area contributed by atoms with Gasteiger partial charge in [-0.2, -0.15) is 13.2 Å². The minimum Gasteiger partial charge on any atom is -0.370 e. The van der Waals surface area contributed by atoms with Crippen LogP contribution in [0.1, 0.15) is 32.4 Å². The van der Waals surface area contributed by atoms with Crippen molar-refractivity contribution in [1.29, 1.82) is 0 Å². The molecule has 0 saturated carbocycles. The summed E-state index contributed by atoms with van der Waals surface area (Å²) in [5, 5.41) is 2.93. The maximum Gasteiger partial charge on any atom is 0.433 e. The van der Waals surface area contributed by atoms with Crippen LogP contribution in [-0.2, 0) is 6.18 Å². The monoisotopic (exact) mass is 289 g/mol. The molecule has 0 amide bonds. The average Bonchev–Trinajstić information content (AvgIpc) is 2.37. The summed E-state index contributed by atoms with van der Waals surface area (Å²) in [6.07, 6.45) is -2.49. The molecule has 1 rings (SSSR count). The smallest absolute Gasteiger partial charge is 0.370 e. The molecule has 0 unspecified atom stereocenters. The molecule has 0 bridgehead atoms. The second kappa shape index (κ2) is 7.47. The van der Waals surface area contributed by atoms with Gasteiger partial charge in [0, 0.05) is 12.6 Å². The van der Waals surface area contributed by atoms with Gasteiger partial charge in [-0.15, -0.1) is 0 Å². The van der Waals surface area contributed by atoms with Crippen LogP contribution in [0.5, 0.6) is 0 Å². The normalized spacial score (nSPS) is 12.2. The number of unbranched alkanes of at least 4 members (excludes halogenated alkanes) is 1. The van der Waals surface area contributed by atoms with Crippen LogP contribution in [0.2, 0.25) is 0 Å². The van der Waals surface area contributed by atoms with Gasteiger partial charge in [0.15, 0.2) is 0 Å². The Kier molecular flexibility index (Phi) is 6.26. The Hall–Kier alpha value is -1.30. The summed E-state index contributed by atoms with van der Waals surface area (Å²) in [6.45, 7) is 5.87. The van der Waals surface area contributed by atoms with Gasteiger partial charge in [0.25, 0.3) is 0 Å². The van der Waals surface area contributed by atoms with Gasteiger partial charge in [0.1, 0.15) is 11.5 Å². The molecule has 0 radical (unpaired) electrons. The third-order valence-corrected chi connectivity index (χ3v) is 3.16. The maximum absolute atomic E-state index is 12.5. The van der Waals surface area contributed by atoms with Gasteiger partial charge in [0.2, 0.25) is 0 Å². The van der Waals surface area contributed by atoms with Crippen LogP contribution in [0.15, 0.2) is 18.2 Å². The van der Waals surface area contributed by atoms with Gasteiger partial charge >= 0.3 is 6.18 Å². The fourth-order valence-corrected chi connectivity index (χ4v) is 1.65. The predicted octanol–water partition coefficient (Wildman–Crippen LogP) is 3.63. The number of alkyl halides is 3. The second-order valence-electron chi connectivity index (χ2n) is 5.11. The van der Waals surface area contributed by atoms with Crippen molar-refractivity contribution in [3.8, 4) is 0 Å². The summed E-state index contributed by atoms with van der Waals surface area (Å²) in [4.78, 5) is 5.80. The van der Waals surface area contributed by atoms with Crippen LogP contribution in [0, 0.1) is 0 Å². The number of hydrogen-bond donors (Lipinski definition) is 1. The molecule has 0 aliphatic carbocycles. The lowest BCUT2D eigenvalue weighted by atomic mass is 10.2. The van der Waals surface area contributed by atoms with Crippen molar-refractivity contribution in [3.63, 3.8) is 0 Å². The molecule has 3 nitrogen and oxygen atoms in total. The first-order valence-electron chi connectivity index (χ1n) is 6.79. The van der Waals surface area contributed by atoms with E-state index in [4.69, 9.17) is 0 Å². The molecule has 1 N–H and O–H groups in total. The van der Waals surface area contributed by atoms with Crippen LogP contribution in [-0.4, -0.2) is 36.1 Å². The molecular weight excluding hydrogens is 267 g/mol. The van der Waals surface area contributed by atoms with Gasteiger partial charge in [-0.1, -0.05) is 6.07 Å². The lowest BCUT2D eigenvalue weighted by Crippen LogP contribution is -2.27. The summed E-state index contributed by atoms with van der Waals surface area (Å²) < 4.78 is 37.4. The molecule has 0 spiro atoms.